The fourth-order valence-corrected chi connectivity index (χ4v) is 4.96. The van der Waals surface area contributed by atoms with Gasteiger partial charge in [0.1, 0.15) is 0 Å². The summed E-state index contributed by atoms with van der Waals surface area (Å²) < 4.78 is 0. The van der Waals surface area contributed by atoms with Crippen LogP contribution in [-0.4, -0.2) is 5.16 Å². The van der Waals surface area contributed by atoms with Crippen LogP contribution in [0, 0.1) is 5.92 Å². The van der Waals surface area contributed by atoms with Gasteiger partial charge in [0.15, 0.2) is 0 Å². The minimum absolute atomic E-state index is 0.782. The largest absolute Gasteiger partial charge is 0.195 e. The van der Waals surface area contributed by atoms with Crippen LogP contribution in [0.4, 0.5) is 5.69 Å². The minimum atomic E-state index is 0.782. The molecule has 0 amide bonds. The minimum Gasteiger partial charge on any atom is -0.195 e. The van der Waals surface area contributed by atoms with Crippen molar-refractivity contribution in [1.82, 2.24) is 0 Å². The van der Waals surface area contributed by atoms with E-state index in [1.54, 1.807) is 5.56 Å². The van der Waals surface area contributed by atoms with Crippen molar-refractivity contribution in [2.75, 3.05) is 0 Å². The van der Waals surface area contributed by atoms with E-state index in [9.17, 15) is 0 Å². The Morgan fingerprint density at radius 2 is 1.40 bits per heavy atom. The summed E-state index contributed by atoms with van der Waals surface area (Å²) in [6.07, 6.45) is 16.3. The molecule has 2 aromatic carbocycles. The van der Waals surface area contributed by atoms with Crippen molar-refractivity contribution < 1.29 is 0 Å². The van der Waals surface area contributed by atoms with Crippen LogP contribution < -0.4 is 0 Å². The van der Waals surface area contributed by atoms with E-state index in [0.29, 0.717) is 0 Å². The van der Waals surface area contributed by atoms with Crippen molar-refractivity contribution in [3.8, 4) is 0 Å². The van der Waals surface area contributed by atoms with Crippen LogP contribution in [-0.2, 0) is 12.8 Å². The fraction of sp³-hybridized carbons (Fsp3) is 0.536. The molecule has 0 spiro atoms. The van der Waals surface area contributed by atoms with E-state index in [0.717, 1.165) is 30.4 Å². The molecule has 160 valence electrons. The van der Waals surface area contributed by atoms with Crippen LogP contribution >= 0.6 is 12.2 Å². The Hall–Kier alpha value is -1.76. The van der Waals surface area contributed by atoms with Gasteiger partial charge in [-0.05, 0) is 91.4 Å². The summed E-state index contributed by atoms with van der Waals surface area (Å²) in [4.78, 5) is 4.01. The van der Waals surface area contributed by atoms with Gasteiger partial charge in [0, 0.05) is 0 Å². The van der Waals surface area contributed by atoms with Gasteiger partial charge in [0.2, 0.25) is 0 Å². The van der Waals surface area contributed by atoms with Crippen molar-refractivity contribution in [2.45, 2.75) is 89.9 Å². The Morgan fingerprint density at radius 1 is 0.800 bits per heavy atom. The molecule has 1 saturated carbocycles. The zero-order valence-corrected chi connectivity index (χ0v) is 19.4. The van der Waals surface area contributed by atoms with Gasteiger partial charge < -0.3 is 0 Å². The first-order chi connectivity index (χ1) is 14.8. The molecule has 0 aromatic heterocycles. The highest BCUT2D eigenvalue weighted by atomic mass is 32.1. The highest BCUT2D eigenvalue weighted by Gasteiger charge is 2.21. The molecule has 2 aromatic rings. The molecule has 0 heterocycles. The van der Waals surface area contributed by atoms with Crippen molar-refractivity contribution in [1.29, 1.82) is 0 Å². The second-order valence-electron chi connectivity index (χ2n) is 9.03. The number of thiocarbonyl (C=S) groups is 1. The lowest BCUT2D eigenvalue weighted by atomic mass is 9.77. The Balaban J connectivity index is 1.40. The van der Waals surface area contributed by atoms with Gasteiger partial charge in [-0.3, -0.25) is 0 Å². The summed E-state index contributed by atoms with van der Waals surface area (Å²) in [5.41, 5.74) is 5.21. The van der Waals surface area contributed by atoms with E-state index in [1.807, 2.05) is 12.1 Å². The molecule has 1 aliphatic carbocycles. The van der Waals surface area contributed by atoms with Crippen LogP contribution in [0.1, 0.15) is 93.7 Å². The molecule has 0 unspecified atom stereocenters. The highest BCUT2D eigenvalue weighted by Crippen LogP contribution is 2.37. The van der Waals surface area contributed by atoms with E-state index >= 15 is 0 Å². The number of isothiocyanates is 1. The molecule has 1 nitrogen and oxygen atoms in total. The maximum absolute atomic E-state index is 4.66. The van der Waals surface area contributed by atoms with E-state index in [1.165, 1.54) is 75.3 Å². The molecule has 1 fully saturated rings. The molecule has 2 heteroatoms. The summed E-state index contributed by atoms with van der Waals surface area (Å²) in [5.74, 6) is 1.77. The summed E-state index contributed by atoms with van der Waals surface area (Å²) >= 11 is 4.66. The average Bonchev–Trinajstić information content (AvgIpc) is 2.79. The first-order valence-corrected chi connectivity index (χ1v) is 12.4. The Kier molecular flexibility index (Phi) is 9.80. The van der Waals surface area contributed by atoms with Gasteiger partial charge in [-0.1, -0.05) is 81.8 Å². The monoisotopic (exact) mass is 419 g/mol. The van der Waals surface area contributed by atoms with Crippen molar-refractivity contribution in [3.05, 3.63) is 65.2 Å². The van der Waals surface area contributed by atoms with Gasteiger partial charge in [-0.15, -0.1) is 0 Å². The fourth-order valence-electron chi connectivity index (χ4n) is 4.86. The molecule has 0 saturated heterocycles. The normalized spacial score (nSPS) is 18.7. The smallest absolute Gasteiger partial charge is 0.0739 e. The van der Waals surface area contributed by atoms with Crippen LogP contribution in [0.3, 0.4) is 0 Å². The number of rotatable bonds is 11. The summed E-state index contributed by atoms with van der Waals surface area (Å²) in [5, 5.41) is 2.42. The topological polar surface area (TPSA) is 12.4 Å². The third kappa shape index (κ3) is 7.49. The number of hydrogen-bond donors (Lipinski definition) is 0. The second kappa shape index (κ2) is 12.8. The number of nitrogens with zero attached hydrogens (tertiary/aromatic N) is 1. The highest BCUT2D eigenvalue weighted by molar-refractivity contribution is 7.78. The molecule has 1 aliphatic rings. The summed E-state index contributed by atoms with van der Waals surface area (Å²) in [6, 6.07) is 17.8. The van der Waals surface area contributed by atoms with Crippen molar-refractivity contribution >= 4 is 23.1 Å². The van der Waals surface area contributed by atoms with Gasteiger partial charge in [0.25, 0.3) is 0 Å². The van der Waals surface area contributed by atoms with E-state index in [4.69, 9.17) is 0 Å². The van der Waals surface area contributed by atoms with Crippen LogP contribution in [0.2, 0.25) is 0 Å². The number of unbranched alkanes of at least 4 members (excludes halogenated alkanes) is 4. The van der Waals surface area contributed by atoms with E-state index in [-0.39, 0.29) is 0 Å². The lowest BCUT2D eigenvalue weighted by Gasteiger charge is -2.29. The third-order valence-corrected chi connectivity index (χ3v) is 6.92. The molecule has 30 heavy (non-hydrogen) atoms. The van der Waals surface area contributed by atoms with E-state index in [2.05, 4.69) is 65.7 Å². The van der Waals surface area contributed by atoms with Gasteiger partial charge in [-0.2, -0.15) is 4.99 Å². The average molecular weight is 420 g/mol. The summed E-state index contributed by atoms with van der Waals surface area (Å²) in [7, 11) is 0. The predicted octanol–water partition coefficient (Wildman–Crippen LogP) is 8.84. The first kappa shape index (κ1) is 22.9. The van der Waals surface area contributed by atoms with Crippen LogP contribution in [0.5, 0.6) is 0 Å². The molecule has 0 radical (unpaired) electrons. The van der Waals surface area contributed by atoms with Crippen LogP contribution in [0.15, 0.2) is 53.5 Å². The third-order valence-electron chi connectivity index (χ3n) is 6.83. The predicted molar refractivity (Wildman–Crippen MR) is 133 cm³/mol. The Morgan fingerprint density at radius 3 is 2.00 bits per heavy atom. The Labute approximate surface area is 189 Å². The molecular weight excluding hydrogens is 382 g/mol. The standard InChI is InChI=1S/C28H37NS/c1-2-3-4-5-6-7-23-10-16-26(17-11-23)27-18-12-24(13-19-27)8-9-25-14-20-28(21-15-25)29-22-30/h12-15,18-21,23,26H,2-11,16-17H2,1H3/t23-,26-. The molecular formula is C28H37NS. The molecule has 0 bridgehead atoms. The first-order valence-electron chi connectivity index (χ1n) is 12.0. The zero-order valence-electron chi connectivity index (χ0n) is 18.6. The second-order valence-corrected chi connectivity index (χ2v) is 9.21. The number of aliphatic imine (C=N–C) groups is 1. The van der Waals surface area contributed by atoms with Gasteiger partial charge in [-0.25, -0.2) is 0 Å². The van der Waals surface area contributed by atoms with Gasteiger partial charge >= 0.3 is 0 Å². The van der Waals surface area contributed by atoms with Crippen LogP contribution in [0.25, 0.3) is 0 Å². The zero-order chi connectivity index (χ0) is 21.0. The number of aryl methyl sites for hydroxylation is 2. The number of hydrogen-bond acceptors (Lipinski definition) is 2. The van der Waals surface area contributed by atoms with E-state index < -0.39 is 0 Å². The maximum atomic E-state index is 4.66. The Bertz CT molecular complexity index is 778. The quantitative estimate of drug-likeness (QED) is 0.201. The van der Waals surface area contributed by atoms with Crippen molar-refractivity contribution in [2.24, 2.45) is 10.9 Å². The van der Waals surface area contributed by atoms with Gasteiger partial charge in [0.05, 0.1) is 10.8 Å². The summed E-state index contributed by atoms with van der Waals surface area (Å²) in [6.45, 7) is 2.30. The maximum Gasteiger partial charge on any atom is 0.0739 e. The molecule has 3 rings (SSSR count). The lowest BCUT2D eigenvalue weighted by Crippen LogP contribution is -2.13. The SMILES string of the molecule is CCCCCCC[C@H]1CC[C@H](c2ccc(CCc3ccc(N=C=S)cc3)cc2)CC1. The van der Waals surface area contributed by atoms with Crippen molar-refractivity contribution in [3.63, 3.8) is 0 Å². The number of benzene rings is 2. The lowest BCUT2D eigenvalue weighted by molar-refractivity contribution is 0.302. The molecule has 0 aliphatic heterocycles. The molecule has 0 N–H and O–H groups in total. The molecule has 0 atom stereocenters.